The monoisotopic (exact) mass is 331 g/mol. The van der Waals surface area contributed by atoms with Crippen LogP contribution in [0.2, 0.25) is 0 Å². The lowest BCUT2D eigenvalue weighted by Crippen LogP contribution is -2.34. The molecule has 1 unspecified atom stereocenters. The summed E-state index contributed by atoms with van der Waals surface area (Å²) in [4.78, 5) is 12.1. The lowest BCUT2D eigenvalue weighted by Gasteiger charge is -2.21. The predicted molar refractivity (Wildman–Crippen MR) is 105 cm³/mol. The van der Waals surface area contributed by atoms with E-state index in [1.165, 1.54) is 23.1 Å². The average Bonchev–Trinajstić information content (AvgIpc) is 2.53. The topological polar surface area (TPSA) is 29.1 Å². The molecule has 0 aromatic heterocycles. The van der Waals surface area contributed by atoms with E-state index in [0.717, 1.165) is 45.1 Å². The normalized spacial score (nSPS) is 18.3. The first-order valence-electron chi connectivity index (χ1n) is 9.63. The molecule has 1 aliphatic carbocycles. The van der Waals surface area contributed by atoms with E-state index in [0.29, 0.717) is 5.92 Å². The van der Waals surface area contributed by atoms with Crippen molar-refractivity contribution < 1.29 is 4.79 Å². The third kappa shape index (κ3) is 9.10. The summed E-state index contributed by atoms with van der Waals surface area (Å²) in [6, 6.07) is 0. The molecule has 0 spiro atoms. The van der Waals surface area contributed by atoms with Crippen LogP contribution in [0.15, 0.2) is 34.9 Å². The molecule has 136 valence electrons. The number of rotatable bonds is 9. The molecule has 0 radical (unpaired) electrons. The highest BCUT2D eigenvalue weighted by atomic mass is 16.1. The van der Waals surface area contributed by atoms with E-state index in [4.69, 9.17) is 0 Å². The summed E-state index contributed by atoms with van der Waals surface area (Å²) in [5.41, 5.74) is 4.44. The highest BCUT2D eigenvalue weighted by Gasteiger charge is 2.21. The number of amides is 1. The van der Waals surface area contributed by atoms with E-state index in [1.54, 1.807) is 0 Å². The van der Waals surface area contributed by atoms with Crippen LogP contribution in [0.1, 0.15) is 79.6 Å². The van der Waals surface area contributed by atoms with Gasteiger partial charge in [-0.25, -0.2) is 0 Å². The first kappa shape index (κ1) is 20.7. The van der Waals surface area contributed by atoms with Gasteiger partial charge in [0.25, 0.3) is 0 Å². The van der Waals surface area contributed by atoms with Gasteiger partial charge in [0.1, 0.15) is 0 Å². The van der Waals surface area contributed by atoms with Crippen molar-refractivity contribution in [2.45, 2.75) is 79.6 Å². The maximum absolute atomic E-state index is 12.1. The van der Waals surface area contributed by atoms with Crippen LogP contribution in [0.3, 0.4) is 0 Å². The van der Waals surface area contributed by atoms with Crippen LogP contribution in [-0.4, -0.2) is 12.5 Å². The lowest BCUT2D eigenvalue weighted by atomic mass is 9.87. The number of hydrogen-bond acceptors (Lipinski definition) is 1. The van der Waals surface area contributed by atoms with Crippen molar-refractivity contribution in [3.05, 3.63) is 34.9 Å². The molecule has 0 saturated carbocycles. The molecule has 1 rings (SSSR count). The molecule has 0 heterocycles. The summed E-state index contributed by atoms with van der Waals surface area (Å²) < 4.78 is 0. The van der Waals surface area contributed by atoms with Crippen molar-refractivity contribution in [2.24, 2.45) is 11.8 Å². The van der Waals surface area contributed by atoms with Crippen LogP contribution in [0.4, 0.5) is 0 Å². The Morgan fingerprint density at radius 2 is 2.00 bits per heavy atom. The van der Waals surface area contributed by atoms with Crippen molar-refractivity contribution in [2.75, 3.05) is 6.54 Å². The fraction of sp³-hybridized carbons (Fsp3) is 0.682. The van der Waals surface area contributed by atoms with Crippen LogP contribution in [0, 0.1) is 11.8 Å². The molecule has 1 aliphatic rings. The minimum atomic E-state index is 0.189. The smallest absolute Gasteiger partial charge is 0.223 e. The summed E-state index contributed by atoms with van der Waals surface area (Å²) in [5, 5.41) is 3.07. The Bertz CT molecular complexity index is 478. The fourth-order valence-electron chi connectivity index (χ4n) is 3.00. The standard InChI is InChI=1S/C22H37NO/c1-17(2)8-6-9-19(5)10-7-11-20-12-14-21(15-13-20)22(24)23-16-18(3)4/h8,10,12,18,21H,6-7,9,11,13-16H2,1-5H3,(H,23,24)/b19-10+. The molecule has 0 fully saturated rings. The molecule has 24 heavy (non-hydrogen) atoms. The van der Waals surface area contributed by atoms with Gasteiger partial charge in [-0.1, -0.05) is 48.8 Å². The molecule has 1 amide bonds. The third-order valence-electron chi connectivity index (χ3n) is 4.61. The Kier molecular flexibility index (Phi) is 9.75. The Morgan fingerprint density at radius 1 is 1.25 bits per heavy atom. The largest absolute Gasteiger partial charge is 0.356 e. The quantitative estimate of drug-likeness (QED) is 0.519. The molecule has 0 aromatic carbocycles. The highest BCUT2D eigenvalue weighted by molar-refractivity contribution is 5.79. The number of carbonyl (C=O) groups is 1. The predicted octanol–water partition coefficient (Wildman–Crippen LogP) is 5.96. The molecule has 2 heteroatoms. The molecular formula is C22H37NO. The minimum Gasteiger partial charge on any atom is -0.356 e. The summed E-state index contributed by atoms with van der Waals surface area (Å²) in [5.74, 6) is 0.957. The van der Waals surface area contributed by atoms with E-state index in [1.807, 2.05) is 0 Å². The van der Waals surface area contributed by atoms with Gasteiger partial charge < -0.3 is 5.32 Å². The Hall–Kier alpha value is -1.31. The van der Waals surface area contributed by atoms with E-state index in [-0.39, 0.29) is 11.8 Å². The van der Waals surface area contributed by atoms with Gasteiger partial charge in [0, 0.05) is 12.5 Å². The molecule has 0 aliphatic heterocycles. The fourth-order valence-corrected chi connectivity index (χ4v) is 3.00. The van der Waals surface area contributed by atoms with Crippen LogP contribution in [0.25, 0.3) is 0 Å². The summed E-state index contributed by atoms with van der Waals surface area (Å²) in [6.45, 7) is 11.6. The molecule has 1 atom stereocenters. The lowest BCUT2D eigenvalue weighted by molar-refractivity contribution is -0.125. The summed E-state index contributed by atoms with van der Waals surface area (Å²) in [7, 11) is 0. The zero-order valence-corrected chi connectivity index (χ0v) is 16.5. The zero-order chi connectivity index (χ0) is 17.9. The van der Waals surface area contributed by atoms with Crippen LogP contribution < -0.4 is 5.32 Å². The molecule has 2 nitrogen and oxygen atoms in total. The summed E-state index contributed by atoms with van der Waals surface area (Å²) >= 11 is 0. The van der Waals surface area contributed by atoms with Crippen LogP contribution >= 0.6 is 0 Å². The van der Waals surface area contributed by atoms with Crippen LogP contribution in [0.5, 0.6) is 0 Å². The number of allylic oxidation sites excluding steroid dienone is 6. The van der Waals surface area contributed by atoms with Gasteiger partial charge in [0.2, 0.25) is 5.91 Å². The Labute approximate surface area is 149 Å². The first-order chi connectivity index (χ1) is 11.4. The maximum atomic E-state index is 12.1. The van der Waals surface area contributed by atoms with Crippen molar-refractivity contribution in [1.82, 2.24) is 5.32 Å². The molecule has 0 bridgehead atoms. The molecule has 1 N–H and O–H groups in total. The molecular weight excluding hydrogens is 294 g/mol. The first-order valence-corrected chi connectivity index (χ1v) is 9.63. The Morgan fingerprint density at radius 3 is 2.58 bits per heavy atom. The van der Waals surface area contributed by atoms with E-state index in [2.05, 4.69) is 58.2 Å². The van der Waals surface area contributed by atoms with Crippen LogP contribution in [-0.2, 0) is 4.79 Å². The van der Waals surface area contributed by atoms with Gasteiger partial charge in [0.05, 0.1) is 0 Å². The SMILES string of the molecule is CC(C)=CCC/C(C)=C/CCC1=CCC(C(=O)NCC(C)C)CC1. The highest BCUT2D eigenvalue weighted by Crippen LogP contribution is 2.26. The van der Waals surface area contributed by atoms with Gasteiger partial charge in [-0.15, -0.1) is 0 Å². The van der Waals surface area contributed by atoms with Gasteiger partial charge in [-0.2, -0.15) is 0 Å². The Balaban J connectivity index is 2.28. The molecule has 0 aromatic rings. The van der Waals surface area contributed by atoms with Crippen molar-refractivity contribution in [3.63, 3.8) is 0 Å². The zero-order valence-electron chi connectivity index (χ0n) is 16.5. The van der Waals surface area contributed by atoms with Gasteiger partial charge in [0.15, 0.2) is 0 Å². The second-order valence-corrected chi connectivity index (χ2v) is 7.88. The van der Waals surface area contributed by atoms with E-state index in [9.17, 15) is 4.79 Å². The molecule has 0 saturated heterocycles. The number of carbonyl (C=O) groups excluding carboxylic acids is 1. The second kappa shape index (κ2) is 11.3. The van der Waals surface area contributed by atoms with Gasteiger partial charge >= 0.3 is 0 Å². The second-order valence-electron chi connectivity index (χ2n) is 7.88. The minimum absolute atomic E-state index is 0.189. The maximum Gasteiger partial charge on any atom is 0.223 e. The van der Waals surface area contributed by atoms with Crippen molar-refractivity contribution in [3.8, 4) is 0 Å². The van der Waals surface area contributed by atoms with Crippen molar-refractivity contribution in [1.29, 1.82) is 0 Å². The van der Waals surface area contributed by atoms with Gasteiger partial charge in [-0.05, 0) is 71.6 Å². The van der Waals surface area contributed by atoms with Crippen molar-refractivity contribution >= 4 is 5.91 Å². The average molecular weight is 332 g/mol. The third-order valence-corrected chi connectivity index (χ3v) is 4.61. The number of nitrogens with one attached hydrogen (secondary N) is 1. The summed E-state index contributed by atoms with van der Waals surface area (Å²) in [6.07, 6.45) is 14.6. The number of hydrogen-bond donors (Lipinski definition) is 1. The van der Waals surface area contributed by atoms with Gasteiger partial charge in [-0.3, -0.25) is 4.79 Å². The van der Waals surface area contributed by atoms with E-state index >= 15 is 0 Å². The van der Waals surface area contributed by atoms with E-state index < -0.39 is 0 Å².